The van der Waals surface area contributed by atoms with Crippen LogP contribution in [0.15, 0.2) is 24.5 Å². The summed E-state index contributed by atoms with van der Waals surface area (Å²) in [5.74, 6) is -1.93. The fourth-order valence-electron chi connectivity index (χ4n) is 3.17. The molecule has 10 heteroatoms. The fourth-order valence-corrected chi connectivity index (χ4v) is 3.33. The number of carbonyl (C=O) groups excluding carboxylic acids is 3. The number of ether oxygens (including phenoxy) is 4. The Morgan fingerprint density at radius 3 is 2.00 bits per heavy atom. The van der Waals surface area contributed by atoms with E-state index in [4.69, 9.17) is 53.8 Å². The second-order valence-electron chi connectivity index (χ2n) is 9.26. The number of esters is 1. The normalized spacial score (nSPS) is 15.7. The first kappa shape index (κ1) is 31.6. The van der Waals surface area contributed by atoms with Crippen molar-refractivity contribution in [2.75, 3.05) is 13.7 Å². The second kappa shape index (κ2) is 12.9. The molecule has 0 aromatic heterocycles. The summed E-state index contributed by atoms with van der Waals surface area (Å²) in [5, 5.41) is 0. The van der Waals surface area contributed by atoms with E-state index < -0.39 is 45.6 Å². The van der Waals surface area contributed by atoms with Crippen LogP contribution in [-0.4, -0.2) is 47.1 Å². The van der Waals surface area contributed by atoms with E-state index in [1.807, 2.05) is 0 Å². The molecule has 0 aliphatic heterocycles. The van der Waals surface area contributed by atoms with Gasteiger partial charge in [-0.2, -0.15) is 0 Å². The zero-order valence-electron chi connectivity index (χ0n) is 20.5. The van der Waals surface area contributed by atoms with Gasteiger partial charge in [0.05, 0.1) is 24.5 Å². The first-order chi connectivity index (χ1) is 14.9. The molecule has 0 heterocycles. The van der Waals surface area contributed by atoms with Gasteiger partial charge in [-0.25, -0.2) is 9.59 Å². The molecule has 33 heavy (non-hydrogen) atoms. The maximum atomic E-state index is 13.5. The van der Waals surface area contributed by atoms with Crippen molar-refractivity contribution in [2.24, 2.45) is 17.3 Å². The Hall–Kier alpha value is -1.44. The zero-order valence-corrected chi connectivity index (χ0v) is 22.8. The standard InChI is InChI=1S/C23H35Cl3O7/c1-10-11-14(2)18(32-20(29)31-13-23(24,25)26)15(3)19(28)22(7,8)16(30-9)12-17(27)33-21(4,5)6/h10,12,14-15,18H,1,11,13H2,2-9H3/b16-12-/t14-,15+,18-/m0/s1. The van der Waals surface area contributed by atoms with Crippen molar-refractivity contribution in [1.29, 1.82) is 0 Å². The van der Waals surface area contributed by atoms with Crippen molar-refractivity contribution in [2.45, 2.75) is 70.4 Å². The van der Waals surface area contributed by atoms with Crippen molar-refractivity contribution in [1.82, 2.24) is 0 Å². The third-order valence-corrected chi connectivity index (χ3v) is 5.03. The third kappa shape index (κ3) is 11.5. The number of alkyl halides is 3. The van der Waals surface area contributed by atoms with Gasteiger partial charge in [0.2, 0.25) is 3.79 Å². The minimum absolute atomic E-state index is 0.113. The summed E-state index contributed by atoms with van der Waals surface area (Å²) in [6, 6.07) is 0. The van der Waals surface area contributed by atoms with Crippen molar-refractivity contribution < 1.29 is 33.3 Å². The quantitative estimate of drug-likeness (QED) is 0.104. The maximum Gasteiger partial charge on any atom is 0.508 e. The Bertz CT molecular complexity index is 733. The molecule has 190 valence electrons. The Morgan fingerprint density at radius 2 is 1.58 bits per heavy atom. The van der Waals surface area contributed by atoms with Gasteiger partial charge in [0.1, 0.15) is 24.1 Å². The van der Waals surface area contributed by atoms with Crippen LogP contribution in [0.25, 0.3) is 0 Å². The number of allylic oxidation sites excluding steroid dienone is 2. The number of hydrogen-bond acceptors (Lipinski definition) is 7. The largest absolute Gasteiger partial charge is 0.508 e. The molecule has 0 spiro atoms. The van der Waals surface area contributed by atoms with Gasteiger partial charge in [-0.15, -0.1) is 6.58 Å². The van der Waals surface area contributed by atoms with Crippen LogP contribution < -0.4 is 0 Å². The zero-order chi connectivity index (χ0) is 26.2. The van der Waals surface area contributed by atoms with E-state index in [9.17, 15) is 14.4 Å². The molecule has 0 saturated heterocycles. The molecule has 0 aliphatic rings. The molecule has 0 bridgehead atoms. The van der Waals surface area contributed by atoms with Gasteiger partial charge < -0.3 is 18.9 Å². The van der Waals surface area contributed by atoms with Crippen LogP contribution in [0.4, 0.5) is 4.79 Å². The Balaban J connectivity index is 5.80. The third-order valence-electron chi connectivity index (χ3n) is 4.70. The molecule has 3 atom stereocenters. The number of Topliss-reactive ketones (excluding diaryl/α,β-unsaturated/α-hetero) is 1. The smallest absolute Gasteiger partial charge is 0.500 e. The maximum absolute atomic E-state index is 13.5. The summed E-state index contributed by atoms with van der Waals surface area (Å²) in [6.45, 7) is 15.0. The van der Waals surface area contributed by atoms with Crippen LogP contribution in [0, 0.1) is 17.3 Å². The molecular weight excluding hydrogens is 495 g/mol. The van der Waals surface area contributed by atoms with Crippen molar-refractivity contribution in [3.05, 3.63) is 24.5 Å². The van der Waals surface area contributed by atoms with E-state index in [0.29, 0.717) is 6.42 Å². The van der Waals surface area contributed by atoms with Crippen molar-refractivity contribution in [3.63, 3.8) is 0 Å². The van der Waals surface area contributed by atoms with Crippen LogP contribution in [0.1, 0.15) is 54.9 Å². The lowest BCUT2D eigenvalue weighted by atomic mass is 9.75. The summed E-state index contributed by atoms with van der Waals surface area (Å²) in [7, 11) is 1.36. The van der Waals surface area contributed by atoms with E-state index in [-0.39, 0.29) is 17.5 Å². The molecule has 0 N–H and O–H groups in total. The molecule has 0 fully saturated rings. The predicted molar refractivity (Wildman–Crippen MR) is 129 cm³/mol. The number of carbonyl (C=O) groups is 3. The monoisotopic (exact) mass is 528 g/mol. The number of methoxy groups -OCH3 is 1. The van der Waals surface area contributed by atoms with E-state index in [1.165, 1.54) is 7.11 Å². The van der Waals surface area contributed by atoms with Crippen LogP contribution in [0.5, 0.6) is 0 Å². The van der Waals surface area contributed by atoms with Crippen LogP contribution in [0.2, 0.25) is 0 Å². The van der Waals surface area contributed by atoms with E-state index >= 15 is 0 Å². The molecule has 0 aromatic carbocycles. The minimum Gasteiger partial charge on any atom is -0.500 e. The van der Waals surface area contributed by atoms with Gasteiger partial charge in [0.15, 0.2) is 5.78 Å². The number of ketones is 1. The highest BCUT2D eigenvalue weighted by Gasteiger charge is 2.42. The highest BCUT2D eigenvalue weighted by atomic mass is 35.6. The first-order valence-electron chi connectivity index (χ1n) is 10.4. The molecule has 0 saturated carbocycles. The summed E-state index contributed by atoms with van der Waals surface area (Å²) in [5.41, 5.74) is -1.94. The Labute approximate surface area is 211 Å². The Kier molecular flexibility index (Phi) is 12.3. The average Bonchev–Trinajstić information content (AvgIpc) is 2.65. The number of rotatable bonds is 11. The van der Waals surface area contributed by atoms with Gasteiger partial charge in [0, 0.05) is 0 Å². The molecule has 7 nitrogen and oxygen atoms in total. The average molecular weight is 530 g/mol. The second-order valence-corrected chi connectivity index (χ2v) is 11.8. The number of hydrogen-bond donors (Lipinski definition) is 0. The molecule has 0 amide bonds. The van der Waals surface area contributed by atoms with Gasteiger partial charge >= 0.3 is 12.1 Å². The SMILES string of the molecule is C=CC[C@H](C)[C@H](OC(=O)OCC(Cl)(Cl)Cl)[C@@H](C)C(=O)C(C)(C)/C(=C/C(=O)OC(C)(C)C)OC. The molecule has 0 aliphatic carbocycles. The summed E-state index contributed by atoms with van der Waals surface area (Å²) >= 11 is 16.8. The van der Waals surface area contributed by atoms with E-state index in [1.54, 1.807) is 54.5 Å². The van der Waals surface area contributed by atoms with Crippen molar-refractivity contribution in [3.8, 4) is 0 Å². The van der Waals surface area contributed by atoms with Gasteiger partial charge in [-0.05, 0) is 47.0 Å². The van der Waals surface area contributed by atoms with Crippen LogP contribution in [-0.2, 0) is 28.5 Å². The molecule has 0 aromatic rings. The minimum atomic E-state index is -1.80. The Morgan fingerprint density at radius 1 is 1.03 bits per heavy atom. The molecule has 0 radical (unpaired) electrons. The predicted octanol–water partition coefficient (Wildman–Crippen LogP) is 6.19. The van der Waals surface area contributed by atoms with Gasteiger partial charge in [-0.3, -0.25) is 4.79 Å². The van der Waals surface area contributed by atoms with Crippen molar-refractivity contribution >= 4 is 52.7 Å². The van der Waals surface area contributed by atoms with E-state index in [0.717, 1.165) is 6.08 Å². The summed E-state index contributed by atoms with van der Waals surface area (Å²) in [6.07, 6.45) is 1.31. The first-order valence-corrected chi connectivity index (χ1v) is 11.5. The highest BCUT2D eigenvalue weighted by Crippen LogP contribution is 2.35. The van der Waals surface area contributed by atoms with Gasteiger partial charge in [-0.1, -0.05) is 54.7 Å². The molecular formula is C23H35Cl3O7. The highest BCUT2D eigenvalue weighted by molar-refractivity contribution is 6.67. The van der Waals surface area contributed by atoms with E-state index in [2.05, 4.69) is 6.58 Å². The van der Waals surface area contributed by atoms with Crippen LogP contribution >= 0.6 is 34.8 Å². The fraction of sp³-hybridized carbons (Fsp3) is 0.696. The summed E-state index contributed by atoms with van der Waals surface area (Å²) < 4.78 is 19.2. The lowest BCUT2D eigenvalue weighted by Gasteiger charge is -2.34. The van der Waals surface area contributed by atoms with Gasteiger partial charge in [0.25, 0.3) is 0 Å². The van der Waals surface area contributed by atoms with Crippen LogP contribution in [0.3, 0.4) is 0 Å². The summed E-state index contributed by atoms with van der Waals surface area (Å²) in [4.78, 5) is 38.0. The lowest BCUT2D eigenvalue weighted by molar-refractivity contribution is -0.148. The number of halogens is 3. The lowest BCUT2D eigenvalue weighted by Crippen LogP contribution is -2.42. The molecule has 0 rings (SSSR count). The molecule has 0 unspecified atom stereocenters. The topological polar surface area (TPSA) is 88.1 Å².